The molecule has 0 aromatic carbocycles. The Morgan fingerprint density at radius 1 is 1.40 bits per heavy atom. The number of amides is 1. The van der Waals surface area contributed by atoms with Crippen molar-refractivity contribution in [3.63, 3.8) is 0 Å². The van der Waals surface area contributed by atoms with E-state index in [0.717, 1.165) is 19.4 Å². The van der Waals surface area contributed by atoms with E-state index in [2.05, 4.69) is 0 Å². The second kappa shape index (κ2) is 3.37. The molecule has 4 heteroatoms. The van der Waals surface area contributed by atoms with Gasteiger partial charge in [0.15, 0.2) is 0 Å². The monoisotopic (exact) mass is 212 g/mol. The van der Waals surface area contributed by atoms with Crippen LogP contribution in [0.25, 0.3) is 0 Å². The number of ether oxygens (including phenoxy) is 1. The first-order valence-electron chi connectivity index (χ1n) is 5.62. The molecule has 0 unspecified atom stereocenters. The quantitative estimate of drug-likeness (QED) is 0.659. The van der Waals surface area contributed by atoms with Gasteiger partial charge in [0.1, 0.15) is 5.60 Å². The van der Waals surface area contributed by atoms with Crippen LogP contribution in [0.4, 0.5) is 4.79 Å². The van der Waals surface area contributed by atoms with Crippen molar-refractivity contribution in [3.05, 3.63) is 0 Å². The van der Waals surface area contributed by atoms with E-state index < -0.39 is 5.60 Å². The van der Waals surface area contributed by atoms with Crippen LogP contribution < -0.4 is 5.73 Å². The van der Waals surface area contributed by atoms with E-state index in [-0.39, 0.29) is 18.2 Å². The Labute approximate surface area is 90.8 Å². The van der Waals surface area contributed by atoms with Crippen LogP contribution in [0.15, 0.2) is 0 Å². The Balaban J connectivity index is 1.98. The molecule has 1 heterocycles. The SMILES string of the molecule is CC(C)(C)OC(=O)N1C[C@H]2C[C@@H](N)[C@@H]1C2. The zero-order valence-corrected chi connectivity index (χ0v) is 9.69. The van der Waals surface area contributed by atoms with E-state index in [1.54, 1.807) is 0 Å². The van der Waals surface area contributed by atoms with E-state index in [1.165, 1.54) is 0 Å². The highest BCUT2D eigenvalue weighted by Crippen LogP contribution is 2.37. The third-order valence-corrected chi connectivity index (χ3v) is 3.16. The number of hydrogen-bond donors (Lipinski definition) is 1. The van der Waals surface area contributed by atoms with Crippen LogP contribution in [0.2, 0.25) is 0 Å². The Bertz CT molecular complexity index is 272. The van der Waals surface area contributed by atoms with Crippen LogP contribution in [0.5, 0.6) is 0 Å². The second-order valence-electron chi connectivity index (χ2n) is 5.70. The van der Waals surface area contributed by atoms with Crippen LogP contribution in [-0.4, -0.2) is 35.2 Å². The van der Waals surface area contributed by atoms with Crippen molar-refractivity contribution in [2.24, 2.45) is 11.7 Å². The molecule has 0 spiro atoms. The van der Waals surface area contributed by atoms with Crippen LogP contribution in [0.1, 0.15) is 33.6 Å². The normalized spacial score (nSPS) is 34.7. The molecule has 2 fully saturated rings. The first-order chi connectivity index (χ1) is 6.87. The molecule has 86 valence electrons. The second-order valence-corrected chi connectivity index (χ2v) is 5.70. The maximum atomic E-state index is 11.8. The largest absolute Gasteiger partial charge is 0.444 e. The van der Waals surface area contributed by atoms with Crippen molar-refractivity contribution < 1.29 is 9.53 Å². The lowest BCUT2D eigenvalue weighted by molar-refractivity contribution is 0.0172. The Hall–Kier alpha value is -0.770. The Morgan fingerprint density at radius 2 is 2.07 bits per heavy atom. The van der Waals surface area contributed by atoms with Gasteiger partial charge in [0.2, 0.25) is 0 Å². The Kier molecular flexibility index (Phi) is 2.41. The van der Waals surface area contributed by atoms with E-state index in [1.807, 2.05) is 25.7 Å². The first-order valence-corrected chi connectivity index (χ1v) is 5.62. The number of piperidine rings is 1. The molecule has 1 saturated carbocycles. The number of rotatable bonds is 0. The molecular formula is C11H20N2O2. The van der Waals surface area contributed by atoms with Gasteiger partial charge >= 0.3 is 6.09 Å². The van der Waals surface area contributed by atoms with Crippen molar-refractivity contribution >= 4 is 6.09 Å². The summed E-state index contributed by atoms with van der Waals surface area (Å²) >= 11 is 0. The number of nitrogens with zero attached hydrogens (tertiary/aromatic N) is 1. The minimum absolute atomic E-state index is 0.149. The number of carbonyl (C=O) groups excluding carboxylic acids is 1. The third-order valence-electron chi connectivity index (χ3n) is 3.16. The summed E-state index contributed by atoms with van der Waals surface area (Å²) in [7, 11) is 0. The van der Waals surface area contributed by atoms with E-state index >= 15 is 0 Å². The van der Waals surface area contributed by atoms with Crippen LogP contribution in [-0.2, 0) is 4.74 Å². The van der Waals surface area contributed by atoms with Gasteiger partial charge in [0.25, 0.3) is 0 Å². The molecular weight excluding hydrogens is 192 g/mol. The molecule has 1 aliphatic carbocycles. The van der Waals surface area contributed by atoms with Gasteiger partial charge in [-0.1, -0.05) is 0 Å². The number of likely N-dealkylation sites (tertiary alicyclic amines) is 1. The summed E-state index contributed by atoms with van der Waals surface area (Å²) in [4.78, 5) is 13.7. The molecule has 2 N–H and O–H groups in total. The highest BCUT2D eigenvalue weighted by Gasteiger charge is 2.46. The number of fused-ring (bicyclic) bond motifs is 2. The fourth-order valence-electron chi connectivity index (χ4n) is 2.61. The van der Waals surface area contributed by atoms with Crippen molar-refractivity contribution in [3.8, 4) is 0 Å². The van der Waals surface area contributed by atoms with E-state index in [9.17, 15) is 4.79 Å². The van der Waals surface area contributed by atoms with Gasteiger partial charge in [-0.05, 0) is 39.5 Å². The van der Waals surface area contributed by atoms with Gasteiger partial charge < -0.3 is 15.4 Å². The van der Waals surface area contributed by atoms with Gasteiger partial charge in [0, 0.05) is 12.6 Å². The fraction of sp³-hybridized carbons (Fsp3) is 0.909. The lowest BCUT2D eigenvalue weighted by atomic mass is 10.1. The molecule has 4 nitrogen and oxygen atoms in total. The third kappa shape index (κ3) is 2.09. The molecule has 1 amide bonds. The van der Waals surface area contributed by atoms with Gasteiger partial charge in [0.05, 0.1) is 6.04 Å². The minimum atomic E-state index is -0.414. The van der Waals surface area contributed by atoms with Crippen molar-refractivity contribution in [2.45, 2.75) is 51.3 Å². The summed E-state index contributed by atoms with van der Waals surface area (Å²) < 4.78 is 5.35. The summed E-state index contributed by atoms with van der Waals surface area (Å²) in [6.07, 6.45) is 1.91. The molecule has 0 radical (unpaired) electrons. The summed E-state index contributed by atoms with van der Waals surface area (Å²) in [6.45, 7) is 6.49. The summed E-state index contributed by atoms with van der Waals surface area (Å²) in [5, 5.41) is 0. The molecule has 0 aromatic rings. The molecule has 15 heavy (non-hydrogen) atoms. The molecule has 0 aromatic heterocycles. The average Bonchev–Trinajstić information content (AvgIpc) is 2.58. The number of hydrogen-bond acceptors (Lipinski definition) is 3. The predicted molar refractivity (Wildman–Crippen MR) is 57.4 cm³/mol. The highest BCUT2D eigenvalue weighted by molar-refractivity contribution is 5.69. The van der Waals surface area contributed by atoms with Crippen molar-refractivity contribution in [1.82, 2.24) is 4.90 Å². The Morgan fingerprint density at radius 3 is 2.53 bits per heavy atom. The molecule has 3 atom stereocenters. The van der Waals surface area contributed by atoms with Crippen molar-refractivity contribution in [2.75, 3.05) is 6.54 Å². The average molecular weight is 212 g/mol. The summed E-state index contributed by atoms with van der Waals surface area (Å²) in [6, 6.07) is 0.362. The highest BCUT2D eigenvalue weighted by atomic mass is 16.6. The van der Waals surface area contributed by atoms with Gasteiger partial charge in [-0.25, -0.2) is 4.79 Å². The topological polar surface area (TPSA) is 55.6 Å². The first kappa shape index (κ1) is 10.7. The van der Waals surface area contributed by atoms with Crippen LogP contribution in [0, 0.1) is 5.92 Å². The lowest BCUT2D eigenvalue weighted by Gasteiger charge is -2.33. The molecule has 2 bridgehead atoms. The molecule has 2 aliphatic rings. The molecule has 2 rings (SSSR count). The predicted octanol–water partition coefficient (Wildman–Crippen LogP) is 1.34. The van der Waals surface area contributed by atoms with Crippen molar-refractivity contribution in [1.29, 1.82) is 0 Å². The molecule has 1 aliphatic heterocycles. The van der Waals surface area contributed by atoms with Gasteiger partial charge in [-0.3, -0.25) is 0 Å². The summed E-state index contributed by atoms with van der Waals surface area (Å²) in [5.41, 5.74) is 5.55. The zero-order chi connectivity index (χ0) is 11.2. The fourth-order valence-corrected chi connectivity index (χ4v) is 2.61. The number of carbonyl (C=O) groups is 1. The maximum Gasteiger partial charge on any atom is 0.410 e. The summed E-state index contributed by atoms with van der Waals surface area (Å²) in [5.74, 6) is 0.595. The smallest absolute Gasteiger partial charge is 0.410 e. The van der Waals surface area contributed by atoms with Crippen LogP contribution >= 0.6 is 0 Å². The number of nitrogens with two attached hydrogens (primary N) is 1. The molecule has 1 saturated heterocycles. The van der Waals surface area contributed by atoms with Crippen LogP contribution in [0.3, 0.4) is 0 Å². The minimum Gasteiger partial charge on any atom is -0.444 e. The lowest BCUT2D eigenvalue weighted by Crippen LogP contribution is -2.49. The maximum absolute atomic E-state index is 11.8. The van der Waals surface area contributed by atoms with E-state index in [4.69, 9.17) is 10.5 Å². The van der Waals surface area contributed by atoms with Gasteiger partial charge in [-0.15, -0.1) is 0 Å². The van der Waals surface area contributed by atoms with E-state index in [0.29, 0.717) is 5.92 Å². The zero-order valence-electron chi connectivity index (χ0n) is 9.69. The standard InChI is InChI=1S/C11H20N2O2/c1-11(2,3)15-10(14)13-6-7-4-8(12)9(13)5-7/h7-9H,4-6,12H2,1-3H3/t7-,8+,9-/m0/s1. The van der Waals surface area contributed by atoms with Gasteiger partial charge in [-0.2, -0.15) is 0 Å².